The van der Waals surface area contributed by atoms with E-state index >= 15 is 0 Å². The van der Waals surface area contributed by atoms with Gasteiger partial charge in [-0.3, -0.25) is 19.7 Å². The molecule has 3 aliphatic rings. The predicted molar refractivity (Wildman–Crippen MR) is 92.0 cm³/mol. The van der Waals surface area contributed by atoms with Crippen molar-refractivity contribution in [1.82, 2.24) is 20.9 Å². The molecule has 138 valence electrons. The average molecular weight is 358 g/mol. The lowest BCUT2D eigenvalue weighted by Gasteiger charge is -2.42. The van der Waals surface area contributed by atoms with E-state index < -0.39 is 11.9 Å². The molecule has 8 nitrogen and oxygen atoms in total. The lowest BCUT2D eigenvalue weighted by Crippen LogP contribution is -2.69. The number of fused-ring (bicyclic) bond motifs is 1. The van der Waals surface area contributed by atoms with Crippen LogP contribution in [0.2, 0.25) is 0 Å². The Labute approximate surface area is 150 Å². The van der Waals surface area contributed by atoms with Gasteiger partial charge in [-0.1, -0.05) is 12.1 Å². The van der Waals surface area contributed by atoms with Crippen LogP contribution >= 0.6 is 0 Å². The molecule has 4 rings (SSSR count). The van der Waals surface area contributed by atoms with Crippen molar-refractivity contribution >= 4 is 17.7 Å². The molecule has 0 saturated carbocycles. The molecule has 3 aliphatic heterocycles. The van der Waals surface area contributed by atoms with Gasteiger partial charge in [0.15, 0.2) is 0 Å². The quantitative estimate of drug-likeness (QED) is 0.496. The lowest BCUT2D eigenvalue weighted by molar-refractivity contribution is -0.136. The Bertz CT molecular complexity index is 769. The SMILES string of the molecule is O=C1CCC(N2Cc3c(CNC4(CO)CNC4)cccc3C2=O)C(=O)N1. The third kappa shape index (κ3) is 2.80. The number of aliphatic hydroxyl groups excluding tert-OH is 1. The van der Waals surface area contributed by atoms with Gasteiger partial charge in [-0.25, -0.2) is 0 Å². The highest BCUT2D eigenvalue weighted by Gasteiger charge is 2.40. The molecule has 1 aromatic rings. The highest BCUT2D eigenvalue weighted by Crippen LogP contribution is 2.30. The van der Waals surface area contributed by atoms with Gasteiger partial charge in [0, 0.05) is 38.2 Å². The van der Waals surface area contributed by atoms with Crippen LogP contribution in [0.25, 0.3) is 0 Å². The summed E-state index contributed by atoms with van der Waals surface area (Å²) in [5, 5.41) is 18.4. The van der Waals surface area contributed by atoms with Gasteiger partial charge in [0.25, 0.3) is 5.91 Å². The molecule has 0 bridgehead atoms. The minimum Gasteiger partial charge on any atom is -0.394 e. The molecule has 1 unspecified atom stereocenters. The Kier molecular flexibility index (Phi) is 4.26. The highest BCUT2D eigenvalue weighted by molar-refractivity contribution is 6.05. The molecular weight excluding hydrogens is 336 g/mol. The lowest BCUT2D eigenvalue weighted by atomic mass is 9.92. The number of rotatable bonds is 5. The molecule has 8 heteroatoms. The summed E-state index contributed by atoms with van der Waals surface area (Å²) in [6.45, 7) is 2.38. The predicted octanol–water partition coefficient (Wildman–Crippen LogP) is -1.13. The maximum absolute atomic E-state index is 12.8. The second kappa shape index (κ2) is 6.46. The van der Waals surface area contributed by atoms with Gasteiger partial charge >= 0.3 is 0 Å². The molecular formula is C18H22N4O4. The fourth-order valence-electron chi connectivity index (χ4n) is 3.82. The third-order valence-electron chi connectivity index (χ3n) is 5.56. The van der Waals surface area contributed by atoms with E-state index in [-0.39, 0.29) is 30.4 Å². The van der Waals surface area contributed by atoms with E-state index in [0.717, 1.165) is 11.1 Å². The molecule has 3 heterocycles. The number of hydrogen-bond acceptors (Lipinski definition) is 6. The largest absolute Gasteiger partial charge is 0.394 e. The summed E-state index contributed by atoms with van der Waals surface area (Å²) in [6.07, 6.45) is 0.605. The first kappa shape index (κ1) is 17.1. The topological polar surface area (TPSA) is 111 Å². The number of benzene rings is 1. The minimum absolute atomic E-state index is 0.0519. The van der Waals surface area contributed by atoms with Crippen molar-refractivity contribution < 1.29 is 19.5 Å². The van der Waals surface area contributed by atoms with Crippen molar-refractivity contribution in [3.05, 3.63) is 34.9 Å². The minimum atomic E-state index is -0.604. The van der Waals surface area contributed by atoms with Crippen LogP contribution in [0, 0.1) is 0 Å². The number of carbonyl (C=O) groups is 3. The summed E-state index contributed by atoms with van der Waals surface area (Å²) < 4.78 is 0. The third-order valence-corrected chi connectivity index (χ3v) is 5.56. The first-order valence-corrected chi connectivity index (χ1v) is 8.85. The summed E-state index contributed by atoms with van der Waals surface area (Å²) in [5.74, 6) is -0.857. The number of imide groups is 1. The first-order valence-electron chi connectivity index (χ1n) is 8.85. The van der Waals surface area contributed by atoms with E-state index in [1.807, 2.05) is 12.1 Å². The second-order valence-electron chi connectivity index (χ2n) is 7.24. The number of amides is 3. The fourth-order valence-corrected chi connectivity index (χ4v) is 3.82. The summed E-state index contributed by atoms with van der Waals surface area (Å²) >= 11 is 0. The molecule has 4 N–H and O–H groups in total. The Morgan fingerprint density at radius 3 is 2.73 bits per heavy atom. The zero-order valence-electron chi connectivity index (χ0n) is 14.4. The van der Waals surface area contributed by atoms with E-state index in [0.29, 0.717) is 38.2 Å². The zero-order valence-corrected chi connectivity index (χ0v) is 14.4. The van der Waals surface area contributed by atoms with Crippen LogP contribution in [-0.4, -0.2) is 59.0 Å². The van der Waals surface area contributed by atoms with Gasteiger partial charge in [0.05, 0.1) is 12.1 Å². The van der Waals surface area contributed by atoms with Crippen LogP contribution in [0.5, 0.6) is 0 Å². The highest BCUT2D eigenvalue weighted by atomic mass is 16.3. The average Bonchev–Trinajstić information content (AvgIpc) is 2.92. The van der Waals surface area contributed by atoms with Gasteiger partial charge < -0.3 is 20.6 Å². The van der Waals surface area contributed by atoms with Crippen LogP contribution in [-0.2, 0) is 22.7 Å². The molecule has 26 heavy (non-hydrogen) atoms. The van der Waals surface area contributed by atoms with Crippen molar-refractivity contribution in [2.75, 3.05) is 19.7 Å². The van der Waals surface area contributed by atoms with Gasteiger partial charge in [0.2, 0.25) is 11.8 Å². The zero-order chi connectivity index (χ0) is 18.3. The first-order chi connectivity index (χ1) is 12.5. The second-order valence-corrected chi connectivity index (χ2v) is 7.24. The Balaban J connectivity index is 1.52. The van der Waals surface area contributed by atoms with Crippen LogP contribution in [0.3, 0.4) is 0 Å². The Morgan fingerprint density at radius 1 is 1.27 bits per heavy atom. The van der Waals surface area contributed by atoms with Crippen LogP contribution in [0.1, 0.15) is 34.3 Å². The van der Waals surface area contributed by atoms with E-state index in [2.05, 4.69) is 16.0 Å². The van der Waals surface area contributed by atoms with Crippen molar-refractivity contribution in [1.29, 1.82) is 0 Å². The Morgan fingerprint density at radius 2 is 2.08 bits per heavy atom. The fraction of sp³-hybridized carbons (Fsp3) is 0.500. The summed E-state index contributed by atoms with van der Waals surface area (Å²) in [5.41, 5.74) is 2.20. The monoisotopic (exact) mass is 358 g/mol. The molecule has 0 spiro atoms. The van der Waals surface area contributed by atoms with Gasteiger partial charge in [-0.15, -0.1) is 0 Å². The van der Waals surface area contributed by atoms with E-state index in [4.69, 9.17) is 0 Å². The number of aliphatic hydroxyl groups is 1. The van der Waals surface area contributed by atoms with Crippen LogP contribution < -0.4 is 16.0 Å². The summed E-state index contributed by atoms with van der Waals surface area (Å²) in [4.78, 5) is 37.9. The number of nitrogens with one attached hydrogen (secondary N) is 3. The number of carbonyl (C=O) groups excluding carboxylic acids is 3. The molecule has 0 aromatic heterocycles. The van der Waals surface area contributed by atoms with Gasteiger partial charge in [-0.05, 0) is 23.6 Å². The van der Waals surface area contributed by atoms with Crippen molar-refractivity contribution in [3.8, 4) is 0 Å². The van der Waals surface area contributed by atoms with Gasteiger partial charge in [-0.2, -0.15) is 0 Å². The Hall–Kier alpha value is -2.29. The maximum atomic E-state index is 12.8. The number of hydrogen-bond donors (Lipinski definition) is 4. The standard InChI is InChI=1S/C18H22N4O4/c23-10-18(8-19-9-18)20-6-11-2-1-3-12-13(11)7-22(17(12)26)14-4-5-15(24)21-16(14)25/h1-3,14,19-20,23H,4-10H2,(H,21,24,25). The van der Waals surface area contributed by atoms with E-state index in [1.54, 1.807) is 11.0 Å². The van der Waals surface area contributed by atoms with Crippen molar-refractivity contribution in [2.45, 2.75) is 37.5 Å². The number of piperidine rings is 1. The maximum Gasteiger partial charge on any atom is 0.255 e. The molecule has 3 amide bonds. The van der Waals surface area contributed by atoms with Gasteiger partial charge in [0.1, 0.15) is 6.04 Å². The summed E-state index contributed by atoms with van der Waals surface area (Å²) in [7, 11) is 0. The molecule has 0 aliphatic carbocycles. The molecule has 0 radical (unpaired) electrons. The molecule has 2 fully saturated rings. The molecule has 1 aromatic carbocycles. The molecule has 1 atom stereocenters. The van der Waals surface area contributed by atoms with E-state index in [9.17, 15) is 19.5 Å². The normalized spacial score (nSPS) is 24.3. The van der Waals surface area contributed by atoms with Crippen LogP contribution in [0.15, 0.2) is 18.2 Å². The molecule has 2 saturated heterocycles. The van der Waals surface area contributed by atoms with Crippen LogP contribution in [0.4, 0.5) is 0 Å². The smallest absolute Gasteiger partial charge is 0.255 e. The van der Waals surface area contributed by atoms with E-state index in [1.165, 1.54) is 0 Å². The van der Waals surface area contributed by atoms with Crippen molar-refractivity contribution in [3.63, 3.8) is 0 Å². The van der Waals surface area contributed by atoms with Crippen molar-refractivity contribution in [2.24, 2.45) is 0 Å². The summed E-state index contributed by atoms with van der Waals surface area (Å²) in [6, 6.07) is 4.98. The number of nitrogens with zero attached hydrogens (tertiary/aromatic N) is 1.